The van der Waals surface area contributed by atoms with Crippen molar-refractivity contribution in [3.8, 4) is 0 Å². The fraction of sp³-hybridized carbons (Fsp3) is 0.571. The summed E-state index contributed by atoms with van der Waals surface area (Å²) in [5.74, 6) is 0. The number of aliphatic hydroxyl groups excluding tert-OH is 1. The molecule has 0 aliphatic heterocycles. The van der Waals surface area contributed by atoms with Crippen LogP contribution < -0.4 is 4.46 Å². The summed E-state index contributed by atoms with van der Waals surface area (Å²) in [4.78, 5) is 0. The van der Waals surface area contributed by atoms with Crippen LogP contribution in [-0.4, -0.2) is 26.2 Å². The Balaban J connectivity index is 2.08. The van der Waals surface area contributed by atoms with E-state index >= 15 is 0 Å². The first-order valence-corrected chi connectivity index (χ1v) is 8.25. The van der Waals surface area contributed by atoms with Crippen molar-refractivity contribution in [2.45, 2.75) is 50.5 Å². The Kier molecular flexibility index (Phi) is 7.58. The van der Waals surface area contributed by atoms with E-state index in [0.717, 1.165) is 11.7 Å². The zero-order valence-electron chi connectivity index (χ0n) is 10.1. The van der Waals surface area contributed by atoms with Crippen LogP contribution in [0.2, 0.25) is 5.32 Å². The predicted molar refractivity (Wildman–Crippen MR) is 71.4 cm³/mol. The molecule has 0 aromatic heterocycles. The molecule has 1 aromatic carbocycles. The van der Waals surface area contributed by atoms with Crippen LogP contribution in [0.25, 0.3) is 0 Å². The standard InChI is InChI=1S/C14H22OSe/c1-2-3-4-6-9-13(15)12-16-14-10-7-5-8-11-14/h5,7-8,10-11,13,15H,2-4,6,9,12H2,1H3/t13-/m1/s1. The van der Waals surface area contributed by atoms with Crippen molar-refractivity contribution in [1.29, 1.82) is 0 Å². The summed E-state index contributed by atoms with van der Waals surface area (Å²) in [5, 5.41) is 10.8. The molecule has 0 saturated heterocycles. The van der Waals surface area contributed by atoms with Crippen LogP contribution in [-0.2, 0) is 0 Å². The first-order valence-electron chi connectivity index (χ1n) is 6.19. The summed E-state index contributed by atoms with van der Waals surface area (Å²) >= 11 is 0.436. The summed E-state index contributed by atoms with van der Waals surface area (Å²) in [6.45, 7) is 2.22. The van der Waals surface area contributed by atoms with E-state index in [9.17, 15) is 5.11 Å². The third kappa shape index (κ3) is 6.32. The minimum atomic E-state index is -0.0861. The topological polar surface area (TPSA) is 20.2 Å². The second kappa shape index (κ2) is 8.81. The van der Waals surface area contributed by atoms with Gasteiger partial charge in [-0.25, -0.2) is 0 Å². The summed E-state index contributed by atoms with van der Waals surface area (Å²) in [5.41, 5.74) is 0. The monoisotopic (exact) mass is 286 g/mol. The molecule has 0 fully saturated rings. The molecule has 1 nitrogen and oxygen atoms in total. The molecule has 0 aliphatic carbocycles. The molecule has 0 bridgehead atoms. The summed E-state index contributed by atoms with van der Waals surface area (Å²) in [6, 6.07) is 10.5. The van der Waals surface area contributed by atoms with Crippen molar-refractivity contribution in [2.24, 2.45) is 0 Å². The average Bonchev–Trinajstić information content (AvgIpc) is 2.33. The van der Waals surface area contributed by atoms with E-state index in [1.54, 1.807) is 0 Å². The maximum absolute atomic E-state index is 9.83. The molecule has 0 heterocycles. The van der Waals surface area contributed by atoms with Crippen LogP contribution in [0.3, 0.4) is 0 Å². The van der Waals surface area contributed by atoms with E-state index in [1.807, 2.05) is 6.07 Å². The Morgan fingerprint density at radius 3 is 2.56 bits per heavy atom. The van der Waals surface area contributed by atoms with Crippen LogP contribution in [0.5, 0.6) is 0 Å². The minimum absolute atomic E-state index is 0.0861. The van der Waals surface area contributed by atoms with E-state index < -0.39 is 0 Å². The molecule has 0 radical (unpaired) electrons. The van der Waals surface area contributed by atoms with Gasteiger partial charge in [-0.1, -0.05) is 0 Å². The molecule has 16 heavy (non-hydrogen) atoms. The van der Waals surface area contributed by atoms with Crippen molar-refractivity contribution < 1.29 is 5.11 Å². The normalized spacial score (nSPS) is 12.6. The van der Waals surface area contributed by atoms with Gasteiger partial charge in [0.25, 0.3) is 0 Å². The van der Waals surface area contributed by atoms with Crippen molar-refractivity contribution in [2.75, 3.05) is 0 Å². The average molecular weight is 285 g/mol. The third-order valence-corrected chi connectivity index (χ3v) is 5.00. The van der Waals surface area contributed by atoms with Gasteiger partial charge in [0, 0.05) is 0 Å². The Bertz CT molecular complexity index is 261. The second-order valence-electron chi connectivity index (χ2n) is 4.13. The van der Waals surface area contributed by atoms with Crippen molar-refractivity contribution in [1.82, 2.24) is 0 Å². The number of aliphatic hydroxyl groups is 1. The predicted octanol–water partition coefficient (Wildman–Crippen LogP) is 2.77. The molecular formula is C14H22OSe. The van der Waals surface area contributed by atoms with Gasteiger partial charge in [0.2, 0.25) is 0 Å². The second-order valence-corrected chi connectivity index (χ2v) is 6.42. The number of benzene rings is 1. The van der Waals surface area contributed by atoms with Crippen LogP contribution in [0.4, 0.5) is 0 Å². The fourth-order valence-electron chi connectivity index (χ4n) is 1.60. The molecule has 2 heteroatoms. The molecule has 0 aliphatic rings. The molecule has 1 aromatic rings. The molecule has 1 atom stereocenters. The first kappa shape index (κ1) is 13.8. The quantitative estimate of drug-likeness (QED) is 0.575. The molecule has 0 amide bonds. The van der Waals surface area contributed by atoms with Crippen LogP contribution in [0.15, 0.2) is 30.3 Å². The van der Waals surface area contributed by atoms with Crippen LogP contribution in [0, 0.1) is 0 Å². The summed E-state index contributed by atoms with van der Waals surface area (Å²) < 4.78 is 1.39. The number of hydrogen-bond donors (Lipinski definition) is 1. The van der Waals surface area contributed by atoms with Crippen molar-refractivity contribution in [3.63, 3.8) is 0 Å². The van der Waals surface area contributed by atoms with Gasteiger partial charge in [-0.2, -0.15) is 0 Å². The molecule has 90 valence electrons. The van der Waals surface area contributed by atoms with Gasteiger partial charge >= 0.3 is 105 Å². The molecule has 0 spiro atoms. The van der Waals surface area contributed by atoms with Gasteiger partial charge in [0.05, 0.1) is 0 Å². The SMILES string of the molecule is CCCCCC[C@@H](O)C[Se]c1ccccc1. The molecular weight excluding hydrogens is 263 g/mol. The van der Waals surface area contributed by atoms with E-state index in [0.29, 0.717) is 15.0 Å². The zero-order valence-corrected chi connectivity index (χ0v) is 11.8. The number of hydrogen-bond acceptors (Lipinski definition) is 1. The van der Waals surface area contributed by atoms with Crippen molar-refractivity contribution in [3.05, 3.63) is 30.3 Å². The van der Waals surface area contributed by atoms with E-state index in [1.165, 1.54) is 30.1 Å². The molecule has 1 rings (SSSR count). The van der Waals surface area contributed by atoms with Gasteiger partial charge in [0.1, 0.15) is 0 Å². The molecule has 1 N–H and O–H groups in total. The van der Waals surface area contributed by atoms with Gasteiger partial charge in [-0.05, 0) is 0 Å². The van der Waals surface area contributed by atoms with E-state index in [4.69, 9.17) is 0 Å². The van der Waals surface area contributed by atoms with Gasteiger partial charge < -0.3 is 0 Å². The van der Waals surface area contributed by atoms with Crippen LogP contribution >= 0.6 is 0 Å². The summed E-state index contributed by atoms with van der Waals surface area (Å²) in [6.07, 6.45) is 5.91. The van der Waals surface area contributed by atoms with Crippen LogP contribution in [0.1, 0.15) is 39.0 Å². The Labute approximate surface area is 105 Å². The van der Waals surface area contributed by atoms with Gasteiger partial charge in [-0.3, -0.25) is 0 Å². The molecule has 0 unspecified atom stereocenters. The Morgan fingerprint density at radius 1 is 1.12 bits per heavy atom. The Morgan fingerprint density at radius 2 is 1.88 bits per heavy atom. The Hall–Kier alpha value is -0.301. The number of rotatable bonds is 8. The first-order chi connectivity index (χ1) is 7.83. The maximum atomic E-state index is 9.83. The third-order valence-electron chi connectivity index (χ3n) is 2.58. The van der Waals surface area contributed by atoms with E-state index in [2.05, 4.69) is 31.2 Å². The number of unbranched alkanes of at least 4 members (excludes halogenated alkanes) is 3. The van der Waals surface area contributed by atoms with Gasteiger partial charge in [-0.15, -0.1) is 0 Å². The summed E-state index contributed by atoms with van der Waals surface area (Å²) in [7, 11) is 0. The molecule has 0 saturated carbocycles. The van der Waals surface area contributed by atoms with E-state index in [-0.39, 0.29) is 6.10 Å². The van der Waals surface area contributed by atoms with Gasteiger partial charge in [0.15, 0.2) is 0 Å². The fourth-order valence-corrected chi connectivity index (χ4v) is 3.49. The van der Waals surface area contributed by atoms with Crippen molar-refractivity contribution >= 4 is 19.4 Å². The zero-order chi connectivity index (χ0) is 11.6.